The van der Waals surface area contributed by atoms with E-state index in [2.05, 4.69) is 10.5 Å². The van der Waals surface area contributed by atoms with Crippen molar-refractivity contribution in [2.75, 3.05) is 6.54 Å². The molecule has 1 aliphatic heterocycles. The van der Waals surface area contributed by atoms with Crippen LogP contribution < -0.4 is 5.32 Å². The van der Waals surface area contributed by atoms with E-state index in [1.54, 1.807) is 6.20 Å². The van der Waals surface area contributed by atoms with E-state index < -0.39 is 0 Å². The molecule has 0 aliphatic carbocycles. The molecule has 0 aromatic carbocycles. The summed E-state index contributed by atoms with van der Waals surface area (Å²) in [6.07, 6.45) is 5.45. The minimum absolute atomic E-state index is 0. The number of hydrogen-bond donors (Lipinski definition) is 1. The van der Waals surface area contributed by atoms with Gasteiger partial charge in [-0.05, 0) is 19.4 Å². The van der Waals surface area contributed by atoms with Crippen LogP contribution in [0.3, 0.4) is 0 Å². The summed E-state index contributed by atoms with van der Waals surface area (Å²) in [6, 6.07) is 2.34. The van der Waals surface area contributed by atoms with Gasteiger partial charge in [-0.3, -0.25) is 0 Å². The van der Waals surface area contributed by atoms with Gasteiger partial charge >= 0.3 is 0 Å². The predicted molar refractivity (Wildman–Crippen MR) is 48.3 cm³/mol. The van der Waals surface area contributed by atoms with Gasteiger partial charge in [0.15, 0.2) is 5.76 Å². The Bertz CT molecular complexity index is 207. The molecule has 1 aromatic heterocycles. The highest BCUT2D eigenvalue weighted by Crippen LogP contribution is 2.21. The summed E-state index contributed by atoms with van der Waals surface area (Å²) in [4.78, 5) is 0. The summed E-state index contributed by atoms with van der Waals surface area (Å²) < 4.78 is 5.06. The van der Waals surface area contributed by atoms with Gasteiger partial charge in [0, 0.05) is 6.07 Å². The Morgan fingerprint density at radius 1 is 1.50 bits per heavy atom. The van der Waals surface area contributed by atoms with E-state index in [9.17, 15) is 0 Å². The van der Waals surface area contributed by atoms with Crippen LogP contribution >= 0.6 is 12.4 Å². The van der Waals surface area contributed by atoms with Crippen LogP contribution in [0, 0.1) is 0 Å². The fourth-order valence-electron chi connectivity index (χ4n) is 1.50. The molecule has 68 valence electrons. The van der Waals surface area contributed by atoms with Crippen molar-refractivity contribution in [1.82, 2.24) is 10.5 Å². The largest absolute Gasteiger partial charge is 0.360 e. The quantitative estimate of drug-likeness (QED) is 0.732. The SMILES string of the molecule is Cl.c1cc([C@H]2CCCCN2)on1. The monoisotopic (exact) mass is 188 g/mol. The van der Waals surface area contributed by atoms with E-state index >= 15 is 0 Å². The second-order valence-electron chi connectivity index (χ2n) is 2.92. The third-order valence-corrected chi connectivity index (χ3v) is 2.11. The molecule has 1 aromatic rings. The second kappa shape index (κ2) is 4.48. The third-order valence-electron chi connectivity index (χ3n) is 2.11. The van der Waals surface area contributed by atoms with Crippen molar-refractivity contribution >= 4 is 12.4 Å². The highest BCUT2D eigenvalue weighted by molar-refractivity contribution is 5.85. The maximum absolute atomic E-state index is 5.06. The first-order valence-corrected chi connectivity index (χ1v) is 4.11. The molecular weight excluding hydrogens is 176 g/mol. The maximum atomic E-state index is 5.06. The molecule has 3 nitrogen and oxygen atoms in total. The topological polar surface area (TPSA) is 38.1 Å². The van der Waals surface area contributed by atoms with Gasteiger partial charge < -0.3 is 9.84 Å². The summed E-state index contributed by atoms with van der Waals surface area (Å²) >= 11 is 0. The number of nitrogens with one attached hydrogen (secondary N) is 1. The minimum Gasteiger partial charge on any atom is -0.360 e. The molecule has 0 amide bonds. The van der Waals surface area contributed by atoms with Gasteiger partial charge in [0.05, 0.1) is 12.2 Å². The highest BCUT2D eigenvalue weighted by atomic mass is 35.5. The van der Waals surface area contributed by atoms with Gasteiger partial charge in [-0.1, -0.05) is 11.6 Å². The van der Waals surface area contributed by atoms with Gasteiger partial charge in [0.2, 0.25) is 0 Å². The van der Waals surface area contributed by atoms with Crippen molar-refractivity contribution in [3.63, 3.8) is 0 Å². The number of aromatic nitrogens is 1. The smallest absolute Gasteiger partial charge is 0.153 e. The van der Waals surface area contributed by atoms with E-state index in [1.807, 2.05) is 6.07 Å². The lowest BCUT2D eigenvalue weighted by molar-refractivity contribution is 0.305. The minimum atomic E-state index is 0. The average molecular weight is 189 g/mol. The van der Waals surface area contributed by atoms with Crippen molar-refractivity contribution in [1.29, 1.82) is 0 Å². The molecule has 0 spiro atoms. The van der Waals surface area contributed by atoms with E-state index in [0.29, 0.717) is 6.04 Å². The summed E-state index contributed by atoms with van der Waals surface area (Å²) in [5.41, 5.74) is 0. The first kappa shape index (κ1) is 9.55. The molecular formula is C8H13ClN2O. The van der Waals surface area contributed by atoms with Crippen LogP contribution in [-0.4, -0.2) is 11.7 Å². The normalized spacial score (nSPS) is 23.2. The van der Waals surface area contributed by atoms with Gasteiger partial charge in [0.1, 0.15) is 0 Å². The van der Waals surface area contributed by atoms with Crippen molar-refractivity contribution < 1.29 is 4.52 Å². The van der Waals surface area contributed by atoms with Crippen molar-refractivity contribution in [2.24, 2.45) is 0 Å². The predicted octanol–water partition coefficient (Wildman–Crippen LogP) is 1.91. The standard InChI is InChI=1S/C8H12N2O.ClH/c1-2-5-9-7(3-1)8-4-6-10-11-8;/h4,6-7,9H,1-3,5H2;1H/t7-;/m1./s1. The summed E-state index contributed by atoms with van der Waals surface area (Å²) in [7, 11) is 0. The van der Waals surface area contributed by atoms with Crippen LogP contribution in [0.1, 0.15) is 31.1 Å². The molecule has 0 radical (unpaired) electrons. The molecule has 1 aliphatic rings. The Morgan fingerprint density at radius 3 is 3.00 bits per heavy atom. The van der Waals surface area contributed by atoms with Crippen molar-refractivity contribution in [3.05, 3.63) is 18.0 Å². The van der Waals surface area contributed by atoms with Crippen LogP contribution in [-0.2, 0) is 0 Å². The fraction of sp³-hybridized carbons (Fsp3) is 0.625. The molecule has 1 fully saturated rings. The fourth-order valence-corrected chi connectivity index (χ4v) is 1.50. The first-order chi connectivity index (χ1) is 5.47. The number of nitrogens with zero attached hydrogens (tertiary/aromatic N) is 1. The Balaban J connectivity index is 0.000000720. The van der Waals surface area contributed by atoms with Gasteiger partial charge in [-0.25, -0.2) is 0 Å². The lowest BCUT2D eigenvalue weighted by Crippen LogP contribution is -2.26. The second-order valence-corrected chi connectivity index (χ2v) is 2.92. The molecule has 0 saturated carbocycles. The lowest BCUT2D eigenvalue weighted by atomic mass is 10.0. The first-order valence-electron chi connectivity index (χ1n) is 4.11. The molecule has 1 atom stereocenters. The molecule has 2 heterocycles. The van der Waals surface area contributed by atoms with E-state index in [-0.39, 0.29) is 12.4 Å². The van der Waals surface area contributed by atoms with Crippen molar-refractivity contribution in [2.45, 2.75) is 25.3 Å². The molecule has 1 N–H and O–H groups in total. The zero-order valence-corrected chi connectivity index (χ0v) is 7.64. The van der Waals surface area contributed by atoms with Crippen LogP contribution in [0.4, 0.5) is 0 Å². The Hall–Kier alpha value is -0.540. The Labute approximate surface area is 77.9 Å². The summed E-state index contributed by atoms with van der Waals surface area (Å²) in [5.74, 6) is 0.977. The van der Waals surface area contributed by atoms with Gasteiger partial charge in [-0.2, -0.15) is 0 Å². The van der Waals surface area contributed by atoms with Crippen molar-refractivity contribution in [3.8, 4) is 0 Å². The summed E-state index contributed by atoms with van der Waals surface area (Å²) in [6.45, 7) is 1.10. The van der Waals surface area contributed by atoms with E-state index in [4.69, 9.17) is 4.52 Å². The zero-order chi connectivity index (χ0) is 7.52. The van der Waals surface area contributed by atoms with Crippen LogP contribution in [0.5, 0.6) is 0 Å². The molecule has 12 heavy (non-hydrogen) atoms. The highest BCUT2D eigenvalue weighted by Gasteiger charge is 2.16. The average Bonchev–Trinajstić information content (AvgIpc) is 2.58. The number of rotatable bonds is 1. The van der Waals surface area contributed by atoms with Gasteiger partial charge in [-0.15, -0.1) is 12.4 Å². The molecule has 1 saturated heterocycles. The lowest BCUT2D eigenvalue weighted by Gasteiger charge is -2.20. The molecule has 0 unspecified atom stereocenters. The van der Waals surface area contributed by atoms with Crippen LogP contribution in [0.25, 0.3) is 0 Å². The van der Waals surface area contributed by atoms with E-state index in [1.165, 1.54) is 19.3 Å². The Morgan fingerprint density at radius 2 is 2.42 bits per heavy atom. The molecule has 0 bridgehead atoms. The molecule has 2 rings (SSSR count). The van der Waals surface area contributed by atoms with E-state index in [0.717, 1.165) is 12.3 Å². The number of piperidine rings is 1. The van der Waals surface area contributed by atoms with Crippen LogP contribution in [0.15, 0.2) is 16.8 Å². The number of halogens is 1. The number of hydrogen-bond acceptors (Lipinski definition) is 3. The maximum Gasteiger partial charge on any atom is 0.153 e. The molecule has 4 heteroatoms. The van der Waals surface area contributed by atoms with Crippen LogP contribution in [0.2, 0.25) is 0 Å². The van der Waals surface area contributed by atoms with Gasteiger partial charge in [0.25, 0.3) is 0 Å². The zero-order valence-electron chi connectivity index (χ0n) is 6.82. The summed E-state index contributed by atoms with van der Waals surface area (Å²) in [5, 5.41) is 7.07. The third kappa shape index (κ3) is 1.99. The Kier molecular flexibility index (Phi) is 3.56.